The molecule has 6 rings (SSSR count). The lowest BCUT2D eigenvalue weighted by Gasteiger charge is -2.35. The maximum absolute atomic E-state index is 6.97. The number of ether oxygens (including phenoxy) is 1. The van der Waals surface area contributed by atoms with Gasteiger partial charge in [-0.1, -0.05) is 11.6 Å². The van der Waals surface area contributed by atoms with Crippen molar-refractivity contribution < 1.29 is 4.74 Å². The SMILES string of the molecule is Cc1cnc2[nH]ncc2c1-c1cc2ncnc3c2c(c1Cl)OC[C@@H]1CNCCN31. The molecule has 0 radical (unpaired) electrons. The predicted molar refractivity (Wildman–Crippen MR) is 112 cm³/mol. The minimum atomic E-state index is 0.206. The summed E-state index contributed by atoms with van der Waals surface area (Å²) in [6.07, 6.45) is 5.23. The van der Waals surface area contributed by atoms with E-state index < -0.39 is 0 Å². The number of H-pyrrole nitrogens is 1. The van der Waals surface area contributed by atoms with Gasteiger partial charge in [0.15, 0.2) is 11.4 Å². The minimum Gasteiger partial charge on any atom is -0.489 e. The molecule has 1 saturated heterocycles. The van der Waals surface area contributed by atoms with Gasteiger partial charge in [0.05, 0.1) is 28.2 Å². The largest absolute Gasteiger partial charge is 0.489 e. The summed E-state index contributed by atoms with van der Waals surface area (Å²) in [6, 6.07) is 2.23. The van der Waals surface area contributed by atoms with E-state index >= 15 is 0 Å². The maximum Gasteiger partial charge on any atom is 0.155 e. The van der Waals surface area contributed by atoms with Crippen LogP contribution in [0.25, 0.3) is 33.1 Å². The number of hydrogen-bond acceptors (Lipinski definition) is 7. The number of fused-ring (bicyclic) bond motifs is 3. The van der Waals surface area contributed by atoms with Gasteiger partial charge >= 0.3 is 0 Å². The Morgan fingerprint density at radius 1 is 1.24 bits per heavy atom. The van der Waals surface area contributed by atoms with Crippen LogP contribution in [0.4, 0.5) is 5.82 Å². The van der Waals surface area contributed by atoms with Crippen LogP contribution >= 0.6 is 11.6 Å². The molecule has 3 aromatic heterocycles. The van der Waals surface area contributed by atoms with Gasteiger partial charge in [0, 0.05) is 42.3 Å². The number of anilines is 1. The van der Waals surface area contributed by atoms with Crippen LogP contribution in [0.2, 0.25) is 5.02 Å². The second-order valence-corrected chi connectivity index (χ2v) is 7.85. The molecule has 8 nitrogen and oxygen atoms in total. The molecule has 146 valence electrons. The van der Waals surface area contributed by atoms with E-state index in [-0.39, 0.29) is 6.04 Å². The summed E-state index contributed by atoms with van der Waals surface area (Å²) < 4.78 is 6.28. The number of benzene rings is 1. The third-order valence-electron chi connectivity index (χ3n) is 5.78. The molecule has 5 heterocycles. The van der Waals surface area contributed by atoms with Crippen molar-refractivity contribution in [3.05, 3.63) is 35.4 Å². The molecule has 1 aromatic carbocycles. The summed E-state index contributed by atoms with van der Waals surface area (Å²) in [5, 5.41) is 12.9. The molecule has 0 amide bonds. The molecular weight excluding hydrogens is 390 g/mol. The first kappa shape index (κ1) is 16.9. The fourth-order valence-electron chi connectivity index (χ4n) is 4.41. The van der Waals surface area contributed by atoms with Crippen molar-refractivity contribution in [2.24, 2.45) is 0 Å². The summed E-state index contributed by atoms with van der Waals surface area (Å²) in [7, 11) is 0. The quantitative estimate of drug-likeness (QED) is 0.501. The number of rotatable bonds is 1. The topological polar surface area (TPSA) is 91.8 Å². The first-order valence-electron chi connectivity index (χ1n) is 9.59. The molecule has 0 bridgehead atoms. The van der Waals surface area contributed by atoms with E-state index in [0.29, 0.717) is 17.4 Å². The smallest absolute Gasteiger partial charge is 0.155 e. The zero-order valence-electron chi connectivity index (χ0n) is 15.7. The monoisotopic (exact) mass is 407 g/mol. The van der Waals surface area contributed by atoms with Crippen LogP contribution in [0.5, 0.6) is 5.75 Å². The summed E-state index contributed by atoms with van der Waals surface area (Å²) in [6.45, 7) is 5.20. The van der Waals surface area contributed by atoms with Crippen molar-refractivity contribution in [2.45, 2.75) is 13.0 Å². The predicted octanol–water partition coefficient (Wildman–Crippen LogP) is 2.70. The average Bonchev–Trinajstić information content (AvgIpc) is 3.14. The Balaban J connectivity index is 1.66. The molecule has 2 aliphatic rings. The van der Waals surface area contributed by atoms with Gasteiger partial charge in [0.1, 0.15) is 18.8 Å². The lowest BCUT2D eigenvalue weighted by molar-refractivity contribution is 0.274. The molecule has 1 atom stereocenters. The zero-order chi connectivity index (χ0) is 19.5. The van der Waals surface area contributed by atoms with Crippen LogP contribution < -0.4 is 15.0 Å². The fraction of sp³-hybridized carbons (Fsp3) is 0.300. The number of aryl methyl sites for hydroxylation is 1. The van der Waals surface area contributed by atoms with Crippen LogP contribution in [0, 0.1) is 6.92 Å². The number of aromatic nitrogens is 5. The van der Waals surface area contributed by atoms with Crippen molar-refractivity contribution in [3.63, 3.8) is 0 Å². The minimum absolute atomic E-state index is 0.206. The van der Waals surface area contributed by atoms with E-state index in [9.17, 15) is 0 Å². The van der Waals surface area contributed by atoms with Crippen molar-refractivity contribution >= 4 is 39.4 Å². The number of aromatic amines is 1. The highest BCUT2D eigenvalue weighted by Gasteiger charge is 2.32. The maximum atomic E-state index is 6.97. The fourth-order valence-corrected chi connectivity index (χ4v) is 4.71. The van der Waals surface area contributed by atoms with Gasteiger partial charge in [0.25, 0.3) is 0 Å². The van der Waals surface area contributed by atoms with E-state index in [1.165, 1.54) is 0 Å². The first-order chi connectivity index (χ1) is 14.2. The number of nitrogens with one attached hydrogen (secondary N) is 2. The second kappa shape index (κ2) is 6.27. The molecule has 1 fully saturated rings. The Kier molecular flexibility index (Phi) is 3.66. The van der Waals surface area contributed by atoms with Crippen LogP contribution in [0.1, 0.15) is 5.56 Å². The van der Waals surface area contributed by atoms with Crippen LogP contribution in [0.15, 0.2) is 24.8 Å². The Bertz CT molecular complexity index is 1270. The third kappa shape index (κ3) is 2.42. The molecular formula is C20H18ClN7O. The van der Waals surface area contributed by atoms with Gasteiger partial charge in [0.2, 0.25) is 0 Å². The third-order valence-corrected chi connectivity index (χ3v) is 6.16. The lowest BCUT2D eigenvalue weighted by atomic mass is 9.97. The van der Waals surface area contributed by atoms with E-state index in [4.69, 9.17) is 16.3 Å². The highest BCUT2D eigenvalue weighted by molar-refractivity contribution is 6.37. The van der Waals surface area contributed by atoms with Crippen molar-refractivity contribution in [1.29, 1.82) is 0 Å². The van der Waals surface area contributed by atoms with Gasteiger partial charge in [-0.2, -0.15) is 5.10 Å². The molecule has 0 unspecified atom stereocenters. The zero-order valence-corrected chi connectivity index (χ0v) is 16.5. The molecule has 9 heteroatoms. The van der Waals surface area contributed by atoms with Crippen LogP contribution in [0.3, 0.4) is 0 Å². The summed E-state index contributed by atoms with van der Waals surface area (Å²) in [4.78, 5) is 15.9. The number of halogens is 1. The molecule has 29 heavy (non-hydrogen) atoms. The van der Waals surface area contributed by atoms with Gasteiger partial charge < -0.3 is 15.0 Å². The van der Waals surface area contributed by atoms with E-state index in [2.05, 4.69) is 35.4 Å². The van der Waals surface area contributed by atoms with Crippen LogP contribution in [-0.2, 0) is 0 Å². The summed E-state index contributed by atoms with van der Waals surface area (Å²) in [5.41, 5.74) is 4.40. The van der Waals surface area contributed by atoms with E-state index in [1.54, 1.807) is 12.5 Å². The Hall–Kier alpha value is -2.97. The Morgan fingerprint density at radius 2 is 2.17 bits per heavy atom. The van der Waals surface area contributed by atoms with Crippen molar-refractivity contribution in [2.75, 3.05) is 31.1 Å². The highest BCUT2D eigenvalue weighted by Crippen LogP contribution is 2.47. The average molecular weight is 408 g/mol. The molecule has 0 spiro atoms. The standard InChI is InChI=1S/C20H18ClN7O/c1-10-5-23-19-13(7-26-27-19)15(10)12-4-14-16-18(17(12)21)29-8-11-6-22-2-3-28(11)20(16)25-9-24-14/h4-5,7,9,11,22H,2-3,6,8H2,1H3,(H,23,26,27)/t11-/m0/s1. The van der Waals surface area contributed by atoms with Crippen molar-refractivity contribution in [1.82, 2.24) is 30.5 Å². The number of pyridine rings is 1. The summed E-state index contributed by atoms with van der Waals surface area (Å²) >= 11 is 6.97. The molecule has 2 aliphatic heterocycles. The normalized spacial score (nSPS) is 18.6. The summed E-state index contributed by atoms with van der Waals surface area (Å²) in [5.74, 6) is 1.54. The second-order valence-electron chi connectivity index (χ2n) is 7.47. The van der Waals surface area contributed by atoms with E-state index in [0.717, 1.165) is 64.1 Å². The highest BCUT2D eigenvalue weighted by atomic mass is 35.5. The molecule has 2 N–H and O–H groups in total. The van der Waals surface area contributed by atoms with Gasteiger partial charge in [-0.3, -0.25) is 5.10 Å². The lowest BCUT2D eigenvalue weighted by Crippen LogP contribution is -2.53. The Morgan fingerprint density at radius 3 is 3.10 bits per heavy atom. The van der Waals surface area contributed by atoms with Gasteiger partial charge in [-0.25, -0.2) is 15.0 Å². The van der Waals surface area contributed by atoms with Crippen molar-refractivity contribution in [3.8, 4) is 16.9 Å². The number of nitrogens with zero attached hydrogens (tertiary/aromatic N) is 5. The molecule has 0 aliphatic carbocycles. The van der Waals surface area contributed by atoms with Crippen LogP contribution in [-0.4, -0.2) is 57.4 Å². The van der Waals surface area contributed by atoms with Gasteiger partial charge in [-0.05, 0) is 18.6 Å². The Labute approximate surface area is 171 Å². The first-order valence-corrected chi connectivity index (χ1v) is 9.96. The van der Waals surface area contributed by atoms with E-state index in [1.807, 2.05) is 19.2 Å². The molecule has 0 saturated carbocycles. The number of hydrogen-bond donors (Lipinski definition) is 2. The molecule has 4 aromatic rings. The van der Waals surface area contributed by atoms with Gasteiger partial charge in [-0.15, -0.1) is 0 Å². The number of piperazine rings is 1.